The number of benzene rings is 1. The largest absolute Gasteiger partial charge is 0.346 e. The molecule has 2 aliphatic rings. The zero-order valence-electron chi connectivity index (χ0n) is 15.7. The Kier molecular flexibility index (Phi) is 6.68. The Labute approximate surface area is 158 Å². The molecular formula is C20H32N4S. The van der Waals surface area contributed by atoms with Crippen molar-refractivity contribution < 1.29 is 0 Å². The number of thiocarbonyl (C=S) groups is 1. The van der Waals surface area contributed by atoms with Crippen molar-refractivity contribution in [3.63, 3.8) is 0 Å². The quantitative estimate of drug-likeness (QED) is 0.830. The number of nitrogens with zero attached hydrogens (tertiary/aromatic N) is 3. The number of likely N-dealkylation sites (tertiary alicyclic amines) is 1. The monoisotopic (exact) mass is 360 g/mol. The molecular weight excluding hydrogens is 328 g/mol. The zero-order chi connectivity index (χ0) is 17.6. The summed E-state index contributed by atoms with van der Waals surface area (Å²) in [4.78, 5) is 7.47. The summed E-state index contributed by atoms with van der Waals surface area (Å²) in [7, 11) is 2.22. The van der Waals surface area contributed by atoms with E-state index >= 15 is 0 Å². The molecule has 2 heterocycles. The molecule has 1 aromatic rings. The minimum absolute atomic E-state index is 0.582. The highest BCUT2D eigenvalue weighted by Crippen LogP contribution is 2.22. The van der Waals surface area contributed by atoms with Gasteiger partial charge in [-0.05, 0) is 64.0 Å². The molecule has 0 radical (unpaired) electrons. The van der Waals surface area contributed by atoms with E-state index in [1.54, 1.807) is 0 Å². The minimum Gasteiger partial charge on any atom is -0.346 e. The molecule has 2 fully saturated rings. The van der Waals surface area contributed by atoms with Crippen molar-refractivity contribution in [3.05, 3.63) is 29.8 Å². The van der Waals surface area contributed by atoms with Crippen molar-refractivity contribution in [2.24, 2.45) is 0 Å². The minimum atomic E-state index is 0.582. The Hall–Kier alpha value is -1.17. The van der Waals surface area contributed by atoms with Crippen molar-refractivity contribution >= 4 is 23.0 Å². The second kappa shape index (κ2) is 8.97. The summed E-state index contributed by atoms with van der Waals surface area (Å²) < 4.78 is 0. The van der Waals surface area contributed by atoms with Gasteiger partial charge in [0.1, 0.15) is 0 Å². The molecule has 5 heteroatoms. The van der Waals surface area contributed by atoms with Gasteiger partial charge in [-0.1, -0.05) is 17.7 Å². The van der Waals surface area contributed by atoms with Gasteiger partial charge in [-0.3, -0.25) is 0 Å². The van der Waals surface area contributed by atoms with E-state index < -0.39 is 0 Å². The van der Waals surface area contributed by atoms with E-state index in [1.165, 1.54) is 64.0 Å². The third-order valence-corrected chi connectivity index (χ3v) is 5.90. The first-order valence-electron chi connectivity index (χ1n) is 9.67. The highest BCUT2D eigenvalue weighted by molar-refractivity contribution is 7.80. The van der Waals surface area contributed by atoms with Gasteiger partial charge in [0.2, 0.25) is 0 Å². The maximum atomic E-state index is 5.75. The van der Waals surface area contributed by atoms with Crippen molar-refractivity contribution in [1.82, 2.24) is 14.7 Å². The van der Waals surface area contributed by atoms with Gasteiger partial charge >= 0.3 is 0 Å². The van der Waals surface area contributed by atoms with Crippen LogP contribution in [0, 0.1) is 6.92 Å². The molecule has 4 nitrogen and oxygen atoms in total. The fourth-order valence-corrected chi connectivity index (χ4v) is 4.16. The Balaban J connectivity index is 1.52. The summed E-state index contributed by atoms with van der Waals surface area (Å²) >= 11 is 5.75. The van der Waals surface area contributed by atoms with Gasteiger partial charge in [0.15, 0.2) is 5.11 Å². The second-order valence-electron chi connectivity index (χ2n) is 7.57. The van der Waals surface area contributed by atoms with Crippen molar-refractivity contribution in [1.29, 1.82) is 0 Å². The number of piperazine rings is 1. The average Bonchev–Trinajstić information content (AvgIpc) is 2.63. The van der Waals surface area contributed by atoms with Gasteiger partial charge in [-0.25, -0.2) is 0 Å². The van der Waals surface area contributed by atoms with E-state index in [0.717, 1.165) is 17.3 Å². The predicted molar refractivity (Wildman–Crippen MR) is 110 cm³/mol. The van der Waals surface area contributed by atoms with Crippen molar-refractivity contribution in [2.75, 3.05) is 51.6 Å². The zero-order valence-corrected chi connectivity index (χ0v) is 16.5. The summed E-state index contributed by atoms with van der Waals surface area (Å²) in [6.45, 7) is 9.20. The first-order valence-corrected chi connectivity index (χ1v) is 10.1. The maximum absolute atomic E-state index is 5.75. The van der Waals surface area contributed by atoms with Crippen molar-refractivity contribution in [3.8, 4) is 0 Å². The van der Waals surface area contributed by atoms with Crippen LogP contribution in [0.15, 0.2) is 24.3 Å². The highest BCUT2D eigenvalue weighted by Gasteiger charge is 2.25. The van der Waals surface area contributed by atoms with E-state index in [1.807, 2.05) is 0 Å². The molecule has 0 unspecified atom stereocenters. The maximum Gasteiger partial charge on any atom is 0.173 e. The fourth-order valence-electron chi connectivity index (χ4n) is 3.80. The fraction of sp³-hybridized carbons (Fsp3) is 0.650. The number of hydrogen-bond donors (Lipinski definition) is 1. The van der Waals surface area contributed by atoms with Crippen LogP contribution >= 0.6 is 12.2 Å². The van der Waals surface area contributed by atoms with E-state index in [9.17, 15) is 0 Å². The smallest absolute Gasteiger partial charge is 0.173 e. The molecule has 3 rings (SSSR count). The van der Waals surface area contributed by atoms with Gasteiger partial charge in [0.05, 0.1) is 0 Å². The van der Waals surface area contributed by atoms with Crippen LogP contribution in [0.25, 0.3) is 0 Å². The number of nitrogens with one attached hydrogen (secondary N) is 1. The van der Waals surface area contributed by atoms with Crippen LogP contribution in [-0.2, 0) is 0 Å². The Morgan fingerprint density at radius 2 is 1.80 bits per heavy atom. The molecule has 1 N–H and O–H groups in total. The summed E-state index contributed by atoms with van der Waals surface area (Å²) in [6.07, 6.45) is 5.07. The Bertz CT molecular complexity index is 551. The molecule has 2 saturated heterocycles. The normalized spacial score (nSPS) is 22.8. The molecule has 0 bridgehead atoms. The number of rotatable bonds is 4. The van der Waals surface area contributed by atoms with Crippen LogP contribution < -0.4 is 5.32 Å². The first kappa shape index (κ1) is 18.6. The highest BCUT2D eigenvalue weighted by atomic mass is 32.1. The summed E-state index contributed by atoms with van der Waals surface area (Å²) in [5.41, 5.74) is 2.37. The first-order chi connectivity index (χ1) is 12.1. The predicted octanol–water partition coefficient (Wildman–Crippen LogP) is 3.18. The summed E-state index contributed by atoms with van der Waals surface area (Å²) in [6, 6.07) is 9.08. The Morgan fingerprint density at radius 1 is 1.08 bits per heavy atom. The molecule has 1 aromatic carbocycles. The lowest BCUT2D eigenvalue weighted by Crippen LogP contribution is -2.49. The molecule has 138 valence electrons. The second-order valence-corrected chi connectivity index (χ2v) is 7.96. The van der Waals surface area contributed by atoms with Crippen LogP contribution in [0.2, 0.25) is 0 Å². The van der Waals surface area contributed by atoms with E-state index in [-0.39, 0.29) is 0 Å². The average molecular weight is 361 g/mol. The van der Waals surface area contributed by atoms with Crippen molar-refractivity contribution in [2.45, 2.75) is 38.6 Å². The van der Waals surface area contributed by atoms with Gasteiger partial charge in [-0.15, -0.1) is 0 Å². The lowest BCUT2D eigenvalue weighted by atomic mass is 9.99. The number of likely N-dealkylation sites (N-methyl/N-ethyl adjacent to an activating group) is 1. The molecule has 0 amide bonds. The standard InChI is InChI=1S/C20H32N4S/c1-17-6-8-18(9-7-17)21-20(25)24-11-4-3-5-19(24)10-12-23-15-13-22(2)14-16-23/h6-9,19H,3-5,10-16H2,1-2H3,(H,21,25)/t19-/m0/s1. The number of piperidine rings is 1. The van der Waals surface area contributed by atoms with Gasteiger partial charge < -0.3 is 20.0 Å². The molecule has 0 spiro atoms. The SMILES string of the molecule is Cc1ccc(NC(=S)N2CCCC[C@H]2CCN2CCN(C)CC2)cc1. The van der Waals surface area contributed by atoms with Crippen LogP contribution in [0.1, 0.15) is 31.2 Å². The molecule has 0 aliphatic carbocycles. The van der Waals surface area contributed by atoms with Crippen LogP contribution in [0.4, 0.5) is 5.69 Å². The Morgan fingerprint density at radius 3 is 2.52 bits per heavy atom. The number of hydrogen-bond acceptors (Lipinski definition) is 3. The molecule has 2 aliphatic heterocycles. The van der Waals surface area contributed by atoms with Crippen LogP contribution in [0.5, 0.6) is 0 Å². The topological polar surface area (TPSA) is 21.8 Å². The summed E-state index contributed by atoms with van der Waals surface area (Å²) in [5, 5.41) is 4.34. The van der Waals surface area contributed by atoms with Gasteiger partial charge in [0.25, 0.3) is 0 Å². The van der Waals surface area contributed by atoms with E-state index in [4.69, 9.17) is 12.2 Å². The van der Waals surface area contributed by atoms with Gasteiger partial charge in [0, 0.05) is 51.0 Å². The lowest BCUT2D eigenvalue weighted by molar-refractivity contribution is 0.135. The molecule has 0 aromatic heterocycles. The molecule has 0 saturated carbocycles. The van der Waals surface area contributed by atoms with Gasteiger partial charge in [-0.2, -0.15) is 0 Å². The van der Waals surface area contributed by atoms with Crippen LogP contribution in [0.3, 0.4) is 0 Å². The molecule has 1 atom stereocenters. The summed E-state index contributed by atoms with van der Waals surface area (Å²) in [5.74, 6) is 0. The number of aryl methyl sites for hydroxylation is 1. The van der Waals surface area contributed by atoms with Crippen LogP contribution in [-0.4, -0.2) is 72.2 Å². The lowest BCUT2D eigenvalue weighted by Gasteiger charge is -2.39. The van der Waals surface area contributed by atoms with E-state index in [0.29, 0.717) is 6.04 Å². The third kappa shape index (κ3) is 5.40. The molecule has 25 heavy (non-hydrogen) atoms. The van der Waals surface area contributed by atoms with E-state index in [2.05, 4.69) is 58.3 Å². The third-order valence-electron chi connectivity index (χ3n) is 5.57. The number of anilines is 1.